The molecule has 6 nitrogen and oxygen atoms in total. The second kappa shape index (κ2) is 12.5. The zero-order chi connectivity index (χ0) is 21.1. The van der Waals surface area contributed by atoms with Gasteiger partial charge in [0, 0.05) is 31.1 Å². The summed E-state index contributed by atoms with van der Waals surface area (Å²) in [7, 11) is 0. The topological polar surface area (TPSA) is 70.7 Å². The molecule has 0 spiro atoms. The van der Waals surface area contributed by atoms with Crippen LogP contribution in [-0.2, 0) is 14.3 Å². The Morgan fingerprint density at radius 2 is 1.83 bits per heavy atom. The third kappa shape index (κ3) is 7.69. The Balaban J connectivity index is 1.97. The molecule has 1 saturated heterocycles. The summed E-state index contributed by atoms with van der Waals surface area (Å²) in [5.41, 5.74) is 1.90. The van der Waals surface area contributed by atoms with Gasteiger partial charge in [-0.1, -0.05) is 39.2 Å². The van der Waals surface area contributed by atoms with E-state index in [4.69, 9.17) is 4.74 Å². The van der Waals surface area contributed by atoms with Crippen molar-refractivity contribution < 1.29 is 14.3 Å². The lowest BCUT2D eigenvalue weighted by Gasteiger charge is -2.22. The molecule has 162 valence electrons. The van der Waals surface area contributed by atoms with Crippen molar-refractivity contribution in [3.8, 4) is 0 Å². The monoisotopic (exact) mass is 403 g/mol. The van der Waals surface area contributed by atoms with Gasteiger partial charge in [0.1, 0.15) is 12.1 Å². The van der Waals surface area contributed by atoms with E-state index in [1.807, 2.05) is 18.2 Å². The predicted molar refractivity (Wildman–Crippen MR) is 118 cm³/mol. The highest BCUT2D eigenvalue weighted by molar-refractivity contribution is 5.98. The van der Waals surface area contributed by atoms with Gasteiger partial charge >= 0.3 is 0 Å². The van der Waals surface area contributed by atoms with Crippen molar-refractivity contribution in [3.63, 3.8) is 0 Å². The first-order valence-corrected chi connectivity index (χ1v) is 11.1. The van der Waals surface area contributed by atoms with E-state index < -0.39 is 12.1 Å². The van der Waals surface area contributed by atoms with Gasteiger partial charge in [-0.25, -0.2) is 0 Å². The van der Waals surface area contributed by atoms with E-state index in [9.17, 15) is 9.59 Å². The van der Waals surface area contributed by atoms with Gasteiger partial charge in [-0.3, -0.25) is 9.59 Å². The minimum absolute atomic E-state index is 0.175. The van der Waals surface area contributed by atoms with E-state index in [1.54, 1.807) is 6.92 Å². The number of ether oxygens (including phenoxy) is 1. The Hall–Kier alpha value is -2.08. The first-order valence-electron chi connectivity index (χ1n) is 11.1. The molecule has 2 amide bonds. The van der Waals surface area contributed by atoms with Crippen LogP contribution in [0.3, 0.4) is 0 Å². The molecule has 1 aromatic rings. The molecule has 2 atom stereocenters. The molecule has 1 aromatic carbocycles. The Morgan fingerprint density at radius 1 is 1.10 bits per heavy atom. The molecule has 0 aromatic heterocycles. The quantitative estimate of drug-likeness (QED) is 0.515. The molecular formula is C23H37N3O3. The maximum absolute atomic E-state index is 12.9. The lowest BCUT2D eigenvalue weighted by molar-refractivity contribution is -0.135. The highest BCUT2D eigenvalue weighted by Gasteiger charge is 2.24. The van der Waals surface area contributed by atoms with Gasteiger partial charge in [0.05, 0.1) is 0 Å². The number of hydrogen-bond acceptors (Lipinski definition) is 4. The third-order valence-corrected chi connectivity index (χ3v) is 5.30. The number of hydrogen-bond donors (Lipinski definition) is 2. The number of nitrogens with one attached hydrogen (secondary N) is 2. The summed E-state index contributed by atoms with van der Waals surface area (Å²) < 4.78 is 5.57. The molecule has 1 aliphatic heterocycles. The van der Waals surface area contributed by atoms with Crippen LogP contribution in [0.15, 0.2) is 24.3 Å². The van der Waals surface area contributed by atoms with Crippen molar-refractivity contribution in [2.24, 2.45) is 0 Å². The average molecular weight is 404 g/mol. The van der Waals surface area contributed by atoms with Gasteiger partial charge in [-0.05, 0) is 50.8 Å². The van der Waals surface area contributed by atoms with Crippen molar-refractivity contribution in [2.75, 3.05) is 29.9 Å². The SMILES string of the molecule is CCCCOC(C)C(=O)NC(CCCC)C(=O)Nc1cccc(N2CCCC2)c1. The van der Waals surface area contributed by atoms with E-state index in [0.29, 0.717) is 13.0 Å². The maximum atomic E-state index is 12.9. The Labute approximate surface area is 175 Å². The number of amides is 2. The molecule has 0 saturated carbocycles. The van der Waals surface area contributed by atoms with Crippen molar-refractivity contribution in [1.29, 1.82) is 0 Å². The van der Waals surface area contributed by atoms with Gasteiger partial charge < -0.3 is 20.3 Å². The number of nitrogens with zero attached hydrogens (tertiary/aromatic N) is 1. The van der Waals surface area contributed by atoms with Crippen LogP contribution < -0.4 is 15.5 Å². The van der Waals surface area contributed by atoms with Crippen molar-refractivity contribution in [3.05, 3.63) is 24.3 Å². The largest absolute Gasteiger partial charge is 0.371 e. The highest BCUT2D eigenvalue weighted by atomic mass is 16.5. The Morgan fingerprint density at radius 3 is 2.52 bits per heavy atom. The van der Waals surface area contributed by atoms with Crippen LogP contribution in [0.1, 0.15) is 65.7 Å². The molecule has 0 aliphatic carbocycles. The number of rotatable bonds is 12. The van der Waals surface area contributed by atoms with Crippen molar-refractivity contribution in [1.82, 2.24) is 5.32 Å². The number of carbonyl (C=O) groups excluding carboxylic acids is 2. The smallest absolute Gasteiger partial charge is 0.249 e. The fraction of sp³-hybridized carbons (Fsp3) is 0.652. The molecule has 0 radical (unpaired) electrons. The van der Waals surface area contributed by atoms with Gasteiger partial charge in [-0.15, -0.1) is 0 Å². The number of carbonyl (C=O) groups is 2. The van der Waals surface area contributed by atoms with E-state index in [0.717, 1.165) is 50.1 Å². The third-order valence-electron chi connectivity index (χ3n) is 5.30. The Kier molecular flexibility index (Phi) is 9.98. The minimum atomic E-state index is -0.560. The summed E-state index contributed by atoms with van der Waals surface area (Å²) in [4.78, 5) is 27.7. The van der Waals surface area contributed by atoms with E-state index in [2.05, 4.69) is 35.4 Å². The zero-order valence-corrected chi connectivity index (χ0v) is 18.2. The van der Waals surface area contributed by atoms with Crippen LogP contribution >= 0.6 is 0 Å². The molecule has 2 unspecified atom stereocenters. The number of anilines is 2. The summed E-state index contributed by atoms with van der Waals surface area (Å²) in [6.45, 7) is 8.56. The van der Waals surface area contributed by atoms with Gasteiger partial charge in [0.2, 0.25) is 11.8 Å². The second-order valence-electron chi connectivity index (χ2n) is 7.80. The maximum Gasteiger partial charge on any atom is 0.249 e. The lowest BCUT2D eigenvalue weighted by atomic mass is 10.1. The van der Waals surface area contributed by atoms with Crippen LogP contribution in [0, 0.1) is 0 Å². The van der Waals surface area contributed by atoms with Crippen LogP contribution in [0.2, 0.25) is 0 Å². The normalized spacial score (nSPS) is 15.8. The van der Waals surface area contributed by atoms with Gasteiger partial charge in [0.25, 0.3) is 0 Å². The predicted octanol–water partition coefficient (Wildman–Crippen LogP) is 4.11. The summed E-state index contributed by atoms with van der Waals surface area (Å²) >= 11 is 0. The molecule has 29 heavy (non-hydrogen) atoms. The molecular weight excluding hydrogens is 366 g/mol. The molecule has 2 rings (SSSR count). The van der Waals surface area contributed by atoms with Crippen LogP contribution in [0.5, 0.6) is 0 Å². The van der Waals surface area contributed by atoms with Crippen molar-refractivity contribution in [2.45, 2.75) is 77.9 Å². The van der Waals surface area contributed by atoms with Crippen LogP contribution in [-0.4, -0.2) is 43.7 Å². The van der Waals surface area contributed by atoms with Gasteiger partial charge in [0.15, 0.2) is 0 Å². The van der Waals surface area contributed by atoms with Crippen molar-refractivity contribution >= 4 is 23.2 Å². The minimum Gasteiger partial charge on any atom is -0.371 e. The van der Waals surface area contributed by atoms with E-state index >= 15 is 0 Å². The summed E-state index contributed by atoms with van der Waals surface area (Å²) in [6.07, 6.45) is 6.25. The molecule has 1 fully saturated rings. The average Bonchev–Trinajstić information content (AvgIpc) is 3.26. The molecule has 0 bridgehead atoms. The molecule has 1 aliphatic rings. The fourth-order valence-electron chi connectivity index (χ4n) is 3.43. The second-order valence-corrected chi connectivity index (χ2v) is 7.80. The number of benzene rings is 1. The molecule has 1 heterocycles. The van der Waals surface area contributed by atoms with E-state index in [-0.39, 0.29) is 11.8 Å². The van der Waals surface area contributed by atoms with Crippen LogP contribution in [0.25, 0.3) is 0 Å². The first kappa shape index (κ1) is 23.2. The molecule has 2 N–H and O–H groups in total. The standard InChI is InChI=1S/C23H37N3O3/c1-4-6-13-21(25-22(27)18(3)29-16-7-5-2)23(28)24-19-11-10-12-20(17-19)26-14-8-9-15-26/h10-12,17-18,21H,4-9,13-16H2,1-3H3,(H,24,28)(H,25,27). The zero-order valence-electron chi connectivity index (χ0n) is 18.2. The summed E-state index contributed by atoms with van der Waals surface area (Å²) in [5, 5.41) is 5.87. The van der Waals surface area contributed by atoms with Crippen LogP contribution in [0.4, 0.5) is 11.4 Å². The summed E-state index contributed by atoms with van der Waals surface area (Å²) in [5.74, 6) is -0.408. The number of unbranched alkanes of at least 4 members (excludes halogenated alkanes) is 2. The molecule has 6 heteroatoms. The fourth-order valence-corrected chi connectivity index (χ4v) is 3.43. The highest BCUT2D eigenvalue weighted by Crippen LogP contribution is 2.23. The van der Waals surface area contributed by atoms with Gasteiger partial charge in [-0.2, -0.15) is 0 Å². The first-order chi connectivity index (χ1) is 14.0. The Bertz CT molecular complexity index is 644. The summed E-state index contributed by atoms with van der Waals surface area (Å²) in [6, 6.07) is 7.39. The lowest BCUT2D eigenvalue weighted by Crippen LogP contribution is -2.47. The van der Waals surface area contributed by atoms with E-state index in [1.165, 1.54) is 12.8 Å².